The minimum absolute atomic E-state index is 0.127. The lowest BCUT2D eigenvalue weighted by Gasteiger charge is -2.29. The fourth-order valence-electron chi connectivity index (χ4n) is 6.01. The first kappa shape index (κ1) is 32.0. The Balaban J connectivity index is 1.31. The molecule has 0 radical (unpaired) electrons. The molecule has 2 amide bonds. The van der Waals surface area contributed by atoms with Gasteiger partial charge >= 0.3 is 5.97 Å². The number of hydrogen-bond donors (Lipinski definition) is 0. The van der Waals surface area contributed by atoms with E-state index in [0.717, 1.165) is 10.0 Å². The first-order valence-corrected chi connectivity index (χ1v) is 17.4. The molecule has 45 heavy (non-hydrogen) atoms. The molecule has 0 spiro atoms. The summed E-state index contributed by atoms with van der Waals surface area (Å²) < 4.78 is 6.29. The fourth-order valence-corrected chi connectivity index (χ4v) is 7.87. The van der Waals surface area contributed by atoms with Crippen LogP contribution in [0.4, 0.5) is 5.69 Å². The molecule has 0 N–H and O–H groups in total. The number of carbonyl (C=O) groups excluding carboxylic acids is 4. The van der Waals surface area contributed by atoms with Crippen molar-refractivity contribution in [3.05, 3.63) is 92.9 Å². The minimum Gasteiger partial charge on any atom is -0.454 e. The number of anilines is 1. The van der Waals surface area contributed by atoms with Crippen LogP contribution in [0.1, 0.15) is 46.0 Å². The first-order chi connectivity index (χ1) is 21.5. The van der Waals surface area contributed by atoms with E-state index in [1.165, 1.54) is 4.90 Å². The molecule has 11 heteroatoms. The maximum atomic E-state index is 13.5. The number of aromatic nitrogens is 1. The van der Waals surface area contributed by atoms with E-state index < -0.39 is 12.6 Å². The van der Waals surface area contributed by atoms with Crippen molar-refractivity contribution in [2.75, 3.05) is 11.5 Å². The zero-order chi connectivity index (χ0) is 32.0. The standard InChI is InChI=1S/C34H26Br3ClN2O5/c1-2-17-11-20(35)12-23-26(34(44)45-16-30(41)19-3-7-21(38)8-4-19)15-29(39-31(17)23)18-5-9-22(10-6-18)40-32(42)24-13-27(36)28(37)14-25(24)33(40)43/h3-12,15,24-25,27-28H,2,13-14,16H2,1H3. The Hall–Kier alpha value is -2.92. The van der Waals surface area contributed by atoms with Crippen molar-refractivity contribution in [3.8, 4) is 11.3 Å². The molecular formula is C34H26Br3ClN2O5. The molecular weight excluding hydrogens is 792 g/mol. The number of Topliss-reactive ketones (excluding diaryl/α,β-unsaturated/α-hetero) is 1. The number of pyridine rings is 1. The Kier molecular flexibility index (Phi) is 9.30. The number of imide groups is 1. The van der Waals surface area contributed by atoms with E-state index in [1.807, 2.05) is 19.1 Å². The molecule has 3 aromatic carbocycles. The number of nitrogens with zero attached hydrogens (tertiary/aromatic N) is 2. The molecule has 4 atom stereocenters. The topological polar surface area (TPSA) is 93.6 Å². The van der Waals surface area contributed by atoms with Crippen LogP contribution >= 0.6 is 59.4 Å². The normalized spacial score (nSPS) is 21.2. The first-order valence-electron chi connectivity index (χ1n) is 14.4. The molecule has 1 aromatic heterocycles. The third kappa shape index (κ3) is 6.26. The highest BCUT2D eigenvalue weighted by Gasteiger charge is 2.52. The van der Waals surface area contributed by atoms with Crippen molar-refractivity contribution >= 4 is 99.5 Å². The van der Waals surface area contributed by atoms with Gasteiger partial charge in [0.25, 0.3) is 0 Å². The Morgan fingerprint density at radius 2 is 1.56 bits per heavy atom. The maximum Gasteiger partial charge on any atom is 0.339 e. The number of hydrogen-bond acceptors (Lipinski definition) is 6. The maximum absolute atomic E-state index is 13.5. The quantitative estimate of drug-likeness (QED) is 0.0807. The van der Waals surface area contributed by atoms with Crippen LogP contribution in [-0.4, -0.2) is 44.8 Å². The average molecular weight is 818 g/mol. The highest BCUT2D eigenvalue weighted by Crippen LogP contribution is 2.44. The van der Waals surface area contributed by atoms with Gasteiger partial charge in [-0.25, -0.2) is 9.78 Å². The molecule has 6 rings (SSSR count). The van der Waals surface area contributed by atoms with Gasteiger partial charge in [-0.3, -0.25) is 19.3 Å². The van der Waals surface area contributed by atoms with E-state index in [-0.39, 0.29) is 44.7 Å². The van der Waals surface area contributed by atoms with Crippen LogP contribution in [0.3, 0.4) is 0 Å². The summed E-state index contributed by atoms with van der Waals surface area (Å²) in [5.41, 5.74) is 3.92. The molecule has 0 bridgehead atoms. The Morgan fingerprint density at radius 3 is 2.16 bits per heavy atom. The summed E-state index contributed by atoms with van der Waals surface area (Å²) in [5, 5.41) is 1.10. The summed E-state index contributed by atoms with van der Waals surface area (Å²) in [4.78, 5) is 59.3. The van der Waals surface area contributed by atoms with Gasteiger partial charge in [0.05, 0.1) is 34.3 Å². The molecule has 4 unspecified atom stereocenters. The number of carbonyl (C=O) groups is 4. The number of ketones is 1. The van der Waals surface area contributed by atoms with Crippen LogP contribution in [-0.2, 0) is 20.7 Å². The predicted octanol–water partition coefficient (Wildman–Crippen LogP) is 8.35. The molecule has 2 heterocycles. The molecule has 2 fully saturated rings. The number of alkyl halides is 2. The number of amides is 2. The van der Waals surface area contributed by atoms with Crippen molar-refractivity contribution in [2.24, 2.45) is 11.8 Å². The van der Waals surface area contributed by atoms with Gasteiger partial charge in [-0.1, -0.05) is 78.4 Å². The van der Waals surface area contributed by atoms with Gasteiger partial charge < -0.3 is 4.74 Å². The zero-order valence-electron chi connectivity index (χ0n) is 23.9. The average Bonchev–Trinajstić information content (AvgIpc) is 3.27. The number of fused-ring (bicyclic) bond motifs is 2. The van der Waals surface area contributed by atoms with E-state index in [1.54, 1.807) is 54.6 Å². The van der Waals surface area contributed by atoms with Gasteiger partial charge in [0, 0.05) is 35.7 Å². The minimum atomic E-state index is -0.659. The summed E-state index contributed by atoms with van der Waals surface area (Å²) in [6.45, 7) is 1.57. The summed E-state index contributed by atoms with van der Waals surface area (Å²) in [7, 11) is 0. The highest BCUT2D eigenvalue weighted by molar-refractivity contribution is 9.12. The monoisotopic (exact) mass is 814 g/mol. The van der Waals surface area contributed by atoms with Crippen LogP contribution in [0.5, 0.6) is 0 Å². The van der Waals surface area contributed by atoms with Crippen LogP contribution in [0.25, 0.3) is 22.2 Å². The predicted molar refractivity (Wildman–Crippen MR) is 184 cm³/mol. The van der Waals surface area contributed by atoms with Crippen molar-refractivity contribution < 1.29 is 23.9 Å². The van der Waals surface area contributed by atoms with E-state index in [4.69, 9.17) is 21.3 Å². The second-order valence-corrected chi connectivity index (χ2v) is 14.9. The van der Waals surface area contributed by atoms with Gasteiger partial charge in [-0.05, 0) is 79.4 Å². The van der Waals surface area contributed by atoms with Crippen LogP contribution < -0.4 is 4.90 Å². The lowest BCUT2D eigenvalue weighted by molar-refractivity contribution is -0.122. The second kappa shape index (κ2) is 13.1. The van der Waals surface area contributed by atoms with E-state index in [9.17, 15) is 19.2 Å². The smallest absolute Gasteiger partial charge is 0.339 e. The lowest BCUT2D eigenvalue weighted by Crippen LogP contribution is -2.34. The molecule has 1 saturated carbocycles. The summed E-state index contributed by atoms with van der Waals surface area (Å²) >= 11 is 16.7. The lowest BCUT2D eigenvalue weighted by atomic mass is 9.81. The molecule has 2 aliphatic rings. The van der Waals surface area contributed by atoms with E-state index >= 15 is 0 Å². The molecule has 1 aliphatic carbocycles. The Labute approximate surface area is 290 Å². The van der Waals surface area contributed by atoms with E-state index in [2.05, 4.69) is 47.8 Å². The number of ether oxygens (including phenoxy) is 1. The van der Waals surface area contributed by atoms with Crippen molar-refractivity contribution in [2.45, 2.75) is 35.8 Å². The van der Waals surface area contributed by atoms with E-state index in [0.29, 0.717) is 57.7 Å². The van der Waals surface area contributed by atoms with Crippen molar-refractivity contribution in [1.82, 2.24) is 4.98 Å². The summed E-state index contributed by atoms with van der Waals surface area (Å²) in [6, 6.07) is 18.8. The fraction of sp³-hybridized carbons (Fsp3) is 0.265. The second-order valence-electron chi connectivity index (χ2n) is 11.2. The van der Waals surface area contributed by atoms with Gasteiger partial charge in [-0.2, -0.15) is 0 Å². The van der Waals surface area contributed by atoms with Crippen LogP contribution in [0, 0.1) is 11.8 Å². The molecule has 1 saturated heterocycles. The summed E-state index contributed by atoms with van der Waals surface area (Å²) in [6.07, 6.45) is 1.86. The number of halogens is 4. The molecule has 1 aliphatic heterocycles. The third-order valence-electron chi connectivity index (χ3n) is 8.39. The highest BCUT2D eigenvalue weighted by atomic mass is 79.9. The summed E-state index contributed by atoms with van der Waals surface area (Å²) in [5.74, 6) is -2.06. The van der Waals surface area contributed by atoms with Crippen molar-refractivity contribution in [3.63, 3.8) is 0 Å². The van der Waals surface area contributed by atoms with Crippen LogP contribution in [0.2, 0.25) is 5.02 Å². The third-order valence-corrected chi connectivity index (χ3v) is 11.8. The number of aryl methyl sites for hydroxylation is 1. The van der Waals surface area contributed by atoms with Crippen molar-refractivity contribution in [1.29, 1.82) is 0 Å². The van der Waals surface area contributed by atoms with Gasteiger partial charge in [-0.15, -0.1) is 0 Å². The van der Waals surface area contributed by atoms with Gasteiger partial charge in [0.2, 0.25) is 11.8 Å². The molecule has 7 nitrogen and oxygen atoms in total. The molecule has 4 aromatic rings. The largest absolute Gasteiger partial charge is 0.454 e. The number of rotatable bonds is 7. The Morgan fingerprint density at radius 1 is 0.933 bits per heavy atom. The number of benzene rings is 3. The van der Waals surface area contributed by atoms with Gasteiger partial charge in [0.15, 0.2) is 12.4 Å². The zero-order valence-corrected chi connectivity index (χ0v) is 29.5. The number of esters is 1. The molecule has 230 valence electrons. The SMILES string of the molecule is CCc1cc(Br)cc2c(C(=O)OCC(=O)c3ccc(Cl)cc3)cc(-c3ccc(N4C(=O)C5CC(Br)C(Br)CC5C4=O)cc3)nc12. The van der Waals surface area contributed by atoms with Crippen LogP contribution in [0.15, 0.2) is 71.2 Å². The Bertz CT molecular complexity index is 1820. The van der Waals surface area contributed by atoms with Gasteiger partial charge in [0.1, 0.15) is 0 Å².